The maximum atomic E-state index is 11.8. The summed E-state index contributed by atoms with van der Waals surface area (Å²) in [6, 6.07) is 3.30. The number of amides is 2. The molecule has 5 nitrogen and oxygen atoms in total. The summed E-state index contributed by atoms with van der Waals surface area (Å²) in [7, 11) is 0. The van der Waals surface area contributed by atoms with Crippen molar-refractivity contribution in [3.05, 3.63) is 17.8 Å². The maximum Gasteiger partial charge on any atom is 0.321 e. The first-order chi connectivity index (χ1) is 9.06. The molecule has 2 amide bonds. The van der Waals surface area contributed by atoms with Gasteiger partial charge < -0.3 is 5.32 Å². The number of nitrogens with one attached hydrogen (secondary N) is 2. The first-order valence-corrected chi connectivity index (χ1v) is 6.47. The van der Waals surface area contributed by atoms with Crippen LogP contribution < -0.4 is 10.6 Å². The van der Waals surface area contributed by atoms with E-state index >= 15 is 0 Å². The number of rotatable bonds is 4. The van der Waals surface area contributed by atoms with Crippen molar-refractivity contribution in [2.75, 3.05) is 5.32 Å². The van der Waals surface area contributed by atoms with Gasteiger partial charge in [-0.1, -0.05) is 12.8 Å². The van der Waals surface area contributed by atoms with E-state index < -0.39 is 5.54 Å². The van der Waals surface area contributed by atoms with Crippen molar-refractivity contribution < 1.29 is 4.79 Å². The monoisotopic (exact) mass is 258 g/mol. The second-order valence-electron chi connectivity index (χ2n) is 5.03. The molecule has 1 fully saturated rings. The largest absolute Gasteiger partial charge is 0.322 e. The summed E-state index contributed by atoms with van der Waals surface area (Å²) < 4.78 is 0. The minimum absolute atomic E-state index is 0.365. The lowest BCUT2D eigenvalue weighted by Crippen LogP contribution is -2.46. The topological polar surface area (TPSA) is 66.9 Å². The molecule has 0 aliphatic heterocycles. The highest BCUT2D eigenvalue weighted by atomic mass is 16.2. The van der Waals surface area contributed by atoms with Gasteiger partial charge in [0.2, 0.25) is 0 Å². The molecule has 1 unspecified atom stereocenters. The van der Waals surface area contributed by atoms with E-state index in [1.54, 1.807) is 13.0 Å². The molecule has 5 heteroatoms. The molecule has 0 aromatic carbocycles. The third kappa shape index (κ3) is 3.44. The molecule has 2 N–H and O–H groups in total. The number of carbonyl (C=O) groups is 1. The molecule has 1 aliphatic carbocycles. The van der Waals surface area contributed by atoms with Gasteiger partial charge in [0.05, 0.1) is 11.2 Å². The summed E-state index contributed by atoms with van der Waals surface area (Å²) in [5.41, 5.74) is 0.346. The van der Waals surface area contributed by atoms with E-state index in [-0.39, 0.29) is 6.03 Å². The predicted octanol–water partition coefficient (Wildman–Crippen LogP) is 2.28. The van der Waals surface area contributed by atoms with Crippen molar-refractivity contribution in [1.82, 2.24) is 15.5 Å². The van der Waals surface area contributed by atoms with Gasteiger partial charge in [0.15, 0.2) is 5.82 Å². The molecule has 0 bridgehead atoms. The first kappa shape index (κ1) is 13.3. The molecule has 0 radical (unpaired) electrons. The molecule has 1 aliphatic rings. The van der Waals surface area contributed by atoms with E-state index in [1.165, 1.54) is 12.8 Å². The van der Waals surface area contributed by atoms with Gasteiger partial charge in [-0.2, -0.15) is 5.10 Å². The van der Waals surface area contributed by atoms with E-state index in [4.69, 9.17) is 6.42 Å². The third-order valence-corrected chi connectivity index (χ3v) is 3.34. The van der Waals surface area contributed by atoms with Crippen LogP contribution in [0.2, 0.25) is 0 Å². The molecule has 0 spiro atoms. The highest BCUT2D eigenvalue weighted by molar-refractivity contribution is 5.88. The summed E-state index contributed by atoms with van der Waals surface area (Å²) >= 11 is 0. The van der Waals surface area contributed by atoms with E-state index in [1.807, 2.05) is 13.0 Å². The van der Waals surface area contributed by atoms with Crippen LogP contribution in [0.3, 0.4) is 0 Å². The predicted molar refractivity (Wildman–Crippen MR) is 73.7 cm³/mol. The Balaban J connectivity index is 1.93. The second kappa shape index (κ2) is 5.27. The van der Waals surface area contributed by atoms with Crippen LogP contribution in [0.1, 0.15) is 44.7 Å². The lowest BCUT2D eigenvalue weighted by molar-refractivity contribution is 0.245. The Morgan fingerprint density at radius 3 is 2.74 bits per heavy atom. The Kier molecular flexibility index (Phi) is 3.70. The second-order valence-corrected chi connectivity index (χ2v) is 5.03. The molecular weight excluding hydrogens is 240 g/mol. The number of anilines is 1. The molecule has 19 heavy (non-hydrogen) atoms. The molecule has 1 aromatic heterocycles. The van der Waals surface area contributed by atoms with Crippen molar-refractivity contribution in [2.24, 2.45) is 0 Å². The summed E-state index contributed by atoms with van der Waals surface area (Å²) in [5, 5.41) is 13.5. The van der Waals surface area contributed by atoms with Crippen LogP contribution in [-0.2, 0) is 0 Å². The van der Waals surface area contributed by atoms with Crippen LogP contribution in [0.5, 0.6) is 0 Å². The van der Waals surface area contributed by atoms with Gasteiger partial charge in [0.1, 0.15) is 0 Å². The number of hydrogen-bond acceptors (Lipinski definition) is 3. The molecule has 0 saturated heterocycles. The minimum atomic E-state index is -0.647. The summed E-state index contributed by atoms with van der Waals surface area (Å²) in [5.74, 6) is 3.55. The Morgan fingerprint density at radius 2 is 2.26 bits per heavy atom. The molecule has 1 aromatic rings. The van der Waals surface area contributed by atoms with Crippen molar-refractivity contribution >= 4 is 11.8 Å². The number of terminal acetylenes is 1. The normalized spacial score (nSPS) is 17.1. The zero-order valence-corrected chi connectivity index (χ0v) is 11.2. The number of hydrogen-bond donors (Lipinski definition) is 2. The Hall–Kier alpha value is -2.09. The van der Waals surface area contributed by atoms with Gasteiger partial charge in [0.25, 0.3) is 0 Å². The highest BCUT2D eigenvalue weighted by Crippen LogP contribution is 2.38. The zero-order chi connectivity index (χ0) is 13.9. The number of urea groups is 1. The molecule has 1 heterocycles. The van der Waals surface area contributed by atoms with Crippen molar-refractivity contribution in [3.63, 3.8) is 0 Å². The minimum Gasteiger partial charge on any atom is -0.322 e. The Bertz CT molecular complexity index is 501. The molecular formula is C14H18N4O. The lowest BCUT2D eigenvalue weighted by atomic mass is 10.0. The van der Waals surface area contributed by atoms with Crippen LogP contribution in [0.15, 0.2) is 12.1 Å². The molecule has 2 rings (SSSR count). The fraction of sp³-hybridized carbons (Fsp3) is 0.500. The van der Waals surface area contributed by atoms with Gasteiger partial charge in [0, 0.05) is 5.92 Å². The lowest BCUT2D eigenvalue weighted by Gasteiger charge is -2.23. The molecule has 1 saturated carbocycles. The standard InChI is InChI=1S/C14H18N4O/c1-4-14(3,5-2)16-13(19)15-12-9-8-11(17-18-12)10-6-7-10/h1,8-10H,5-7H2,2-3H3,(H2,15,16,18,19). The fourth-order valence-corrected chi connectivity index (χ4v) is 1.63. The van der Waals surface area contributed by atoms with E-state index in [0.29, 0.717) is 18.2 Å². The van der Waals surface area contributed by atoms with Crippen molar-refractivity contribution in [1.29, 1.82) is 0 Å². The maximum absolute atomic E-state index is 11.8. The summed E-state index contributed by atoms with van der Waals surface area (Å²) in [6.07, 6.45) is 8.41. The SMILES string of the molecule is C#CC(C)(CC)NC(=O)Nc1ccc(C2CC2)nn1. The summed E-state index contributed by atoms with van der Waals surface area (Å²) in [4.78, 5) is 11.8. The summed E-state index contributed by atoms with van der Waals surface area (Å²) in [6.45, 7) is 3.72. The van der Waals surface area contributed by atoms with Crippen molar-refractivity contribution in [2.45, 2.75) is 44.6 Å². The van der Waals surface area contributed by atoms with Crippen LogP contribution in [-0.4, -0.2) is 21.8 Å². The number of nitrogens with zero attached hydrogens (tertiary/aromatic N) is 2. The first-order valence-electron chi connectivity index (χ1n) is 6.47. The van der Waals surface area contributed by atoms with Gasteiger partial charge in [-0.3, -0.25) is 5.32 Å². The van der Waals surface area contributed by atoms with Crippen LogP contribution >= 0.6 is 0 Å². The quantitative estimate of drug-likeness (QED) is 0.814. The number of aromatic nitrogens is 2. The Labute approximate surface area is 113 Å². The van der Waals surface area contributed by atoms with Gasteiger partial charge in [-0.15, -0.1) is 11.5 Å². The van der Waals surface area contributed by atoms with E-state index in [9.17, 15) is 4.79 Å². The average molecular weight is 258 g/mol. The van der Waals surface area contributed by atoms with Gasteiger partial charge in [-0.25, -0.2) is 4.79 Å². The molecule has 1 atom stereocenters. The average Bonchev–Trinajstić information content (AvgIpc) is 3.24. The van der Waals surface area contributed by atoms with Crippen LogP contribution in [0, 0.1) is 12.3 Å². The fourth-order valence-electron chi connectivity index (χ4n) is 1.63. The van der Waals surface area contributed by atoms with Gasteiger partial charge >= 0.3 is 6.03 Å². The van der Waals surface area contributed by atoms with E-state index in [2.05, 4.69) is 26.8 Å². The smallest absolute Gasteiger partial charge is 0.321 e. The third-order valence-electron chi connectivity index (χ3n) is 3.34. The van der Waals surface area contributed by atoms with E-state index in [0.717, 1.165) is 5.69 Å². The van der Waals surface area contributed by atoms with Crippen LogP contribution in [0.4, 0.5) is 10.6 Å². The van der Waals surface area contributed by atoms with Gasteiger partial charge in [-0.05, 0) is 38.3 Å². The molecule has 100 valence electrons. The highest BCUT2D eigenvalue weighted by Gasteiger charge is 2.25. The number of carbonyl (C=O) groups excluding carboxylic acids is 1. The zero-order valence-electron chi connectivity index (χ0n) is 11.2. The van der Waals surface area contributed by atoms with Crippen LogP contribution in [0.25, 0.3) is 0 Å². The van der Waals surface area contributed by atoms with Crippen molar-refractivity contribution in [3.8, 4) is 12.3 Å². The Morgan fingerprint density at radius 1 is 1.53 bits per heavy atom.